The third kappa shape index (κ3) is 3.12. The molecule has 1 heterocycles. The lowest BCUT2D eigenvalue weighted by Gasteiger charge is -2.11. The molecule has 1 aromatic rings. The van der Waals surface area contributed by atoms with Crippen molar-refractivity contribution in [1.29, 1.82) is 0 Å². The van der Waals surface area contributed by atoms with Gasteiger partial charge in [-0.3, -0.25) is 9.59 Å². The van der Waals surface area contributed by atoms with Crippen LogP contribution in [0, 0.1) is 0 Å². The number of hydrogen-bond acceptors (Lipinski definition) is 3. The molecule has 0 saturated heterocycles. The molecule has 2 N–H and O–H groups in total. The van der Waals surface area contributed by atoms with Crippen molar-refractivity contribution < 1.29 is 14.7 Å². The standard InChI is InChI=1S/C14H18N2O3/c1-16-12-5-4-10(7-11(12)8-14(16)19)9-15-13(18)3-2-6-17/h4-5,7,17H,2-3,6,8-9H2,1H3,(H,15,18). The van der Waals surface area contributed by atoms with Gasteiger partial charge >= 0.3 is 0 Å². The van der Waals surface area contributed by atoms with E-state index < -0.39 is 0 Å². The average molecular weight is 262 g/mol. The number of anilines is 1. The Balaban J connectivity index is 1.95. The summed E-state index contributed by atoms with van der Waals surface area (Å²) in [6.45, 7) is 0.482. The van der Waals surface area contributed by atoms with Gasteiger partial charge in [-0.25, -0.2) is 0 Å². The normalized spacial score (nSPS) is 13.6. The van der Waals surface area contributed by atoms with Gasteiger partial charge in [-0.1, -0.05) is 12.1 Å². The van der Waals surface area contributed by atoms with Crippen molar-refractivity contribution in [3.63, 3.8) is 0 Å². The molecular weight excluding hydrogens is 244 g/mol. The van der Waals surface area contributed by atoms with Crippen molar-refractivity contribution in [1.82, 2.24) is 5.32 Å². The van der Waals surface area contributed by atoms with Crippen molar-refractivity contribution in [3.05, 3.63) is 29.3 Å². The van der Waals surface area contributed by atoms with Crippen LogP contribution < -0.4 is 10.2 Å². The SMILES string of the molecule is CN1C(=O)Cc2cc(CNC(=O)CCCO)ccc21. The minimum absolute atomic E-state index is 0.0285. The number of likely N-dealkylation sites (N-methyl/N-ethyl adjacent to an activating group) is 1. The molecule has 5 nitrogen and oxygen atoms in total. The maximum Gasteiger partial charge on any atom is 0.231 e. The molecule has 2 rings (SSSR count). The molecule has 0 saturated carbocycles. The predicted molar refractivity (Wildman–Crippen MR) is 71.7 cm³/mol. The Labute approximate surface area is 112 Å². The van der Waals surface area contributed by atoms with Gasteiger partial charge in [0.25, 0.3) is 0 Å². The first kappa shape index (κ1) is 13.5. The Kier molecular flexibility index (Phi) is 4.16. The Morgan fingerprint density at radius 3 is 3.00 bits per heavy atom. The first-order valence-corrected chi connectivity index (χ1v) is 6.37. The fraction of sp³-hybridized carbons (Fsp3) is 0.429. The zero-order valence-corrected chi connectivity index (χ0v) is 11.0. The smallest absolute Gasteiger partial charge is 0.231 e. The van der Waals surface area contributed by atoms with Crippen molar-refractivity contribution in [2.24, 2.45) is 0 Å². The molecule has 1 aliphatic heterocycles. The molecular formula is C14H18N2O3. The number of benzene rings is 1. The average Bonchev–Trinajstić information content (AvgIpc) is 2.69. The Morgan fingerprint density at radius 2 is 2.26 bits per heavy atom. The Hall–Kier alpha value is -1.88. The van der Waals surface area contributed by atoms with Crippen LogP contribution in [0.15, 0.2) is 18.2 Å². The summed E-state index contributed by atoms with van der Waals surface area (Å²) in [5.74, 6) is 0.0295. The summed E-state index contributed by atoms with van der Waals surface area (Å²) >= 11 is 0. The maximum absolute atomic E-state index is 11.6. The fourth-order valence-corrected chi connectivity index (χ4v) is 2.16. The maximum atomic E-state index is 11.6. The molecule has 0 aromatic heterocycles. The summed E-state index contributed by atoms with van der Waals surface area (Å²) < 4.78 is 0. The number of aliphatic hydroxyl groups is 1. The van der Waals surface area contributed by atoms with E-state index in [-0.39, 0.29) is 18.4 Å². The predicted octanol–water partition coefficient (Wildman–Crippen LogP) is 0.594. The van der Waals surface area contributed by atoms with Crippen molar-refractivity contribution in [2.45, 2.75) is 25.8 Å². The first-order valence-electron chi connectivity index (χ1n) is 6.37. The van der Waals surface area contributed by atoms with Gasteiger partial charge in [-0.15, -0.1) is 0 Å². The summed E-state index contributed by atoms with van der Waals surface area (Å²) in [5.41, 5.74) is 2.94. The number of rotatable bonds is 5. The van der Waals surface area contributed by atoms with Crippen molar-refractivity contribution >= 4 is 17.5 Å². The van der Waals surface area contributed by atoms with Crippen LogP contribution in [0.4, 0.5) is 5.69 Å². The molecule has 0 unspecified atom stereocenters. The van der Waals surface area contributed by atoms with Crippen LogP contribution >= 0.6 is 0 Å². The minimum atomic E-state index is -0.0669. The third-order valence-electron chi connectivity index (χ3n) is 3.27. The van der Waals surface area contributed by atoms with Gasteiger partial charge in [0, 0.05) is 32.3 Å². The largest absolute Gasteiger partial charge is 0.396 e. The highest BCUT2D eigenvalue weighted by molar-refractivity contribution is 6.00. The molecule has 0 spiro atoms. The van der Waals surface area contributed by atoms with Crippen LogP contribution in [0.5, 0.6) is 0 Å². The number of hydrogen-bond donors (Lipinski definition) is 2. The van der Waals surface area contributed by atoms with Gasteiger partial charge in [0.1, 0.15) is 0 Å². The van der Waals surface area contributed by atoms with E-state index in [2.05, 4.69) is 5.32 Å². The highest BCUT2D eigenvalue weighted by Gasteiger charge is 2.23. The molecule has 5 heteroatoms. The van der Waals surface area contributed by atoms with Crippen LogP contribution in [0.1, 0.15) is 24.0 Å². The lowest BCUT2D eigenvalue weighted by Crippen LogP contribution is -2.22. The second-order valence-electron chi connectivity index (χ2n) is 4.70. The second-order valence-corrected chi connectivity index (χ2v) is 4.70. The third-order valence-corrected chi connectivity index (χ3v) is 3.27. The quantitative estimate of drug-likeness (QED) is 0.816. The summed E-state index contributed by atoms with van der Waals surface area (Å²) in [7, 11) is 1.77. The number of nitrogens with zero attached hydrogens (tertiary/aromatic N) is 1. The van der Waals surface area contributed by atoms with Crippen molar-refractivity contribution in [3.8, 4) is 0 Å². The van der Waals surface area contributed by atoms with E-state index in [0.29, 0.717) is 25.8 Å². The van der Waals surface area contributed by atoms with E-state index in [1.54, 1.807) is 11.9 Å². The van der Waals surface area contributed by atoms with Gasteiger partial charge in [0.15, 0.2) is 0 Å². The molecule has 0 bridgehead atoms. The molecule has 1 aromatic carbocycles. The zero-order chi connectivity index (χ0) is 13.8. The van der Waals surface area contributed by atoms with E-state index >= 15 is 0 Å². The van der Waals surface area contributed by atoms with E-state index in [4.69, 9.17) is 5.11 Å². The van der Waals surface area contributed by atoms with E-state index in [1.165, 1.54) is 0 Å². The monoisotopic (exact) mass is 262 g/mol. The van der Waals surface area contributed by atoms with Crippen LogP contribution in [-0.4, -0.2) is 30.6 Å². The Morgan fingerprint density at radius 1 is 1.47 bits per heavy atom. The molecule has 0 atom stereocenters. The summed E-state index contributed by atoms with van der Waals surface area (Å²) in [6.07, 6.45) is 1.25. The number of fused-ring (bicyclic) bond motifs is 1. The second kappa shape index (κ2) is 5.84. The van der Waals surface area contributed by atoms with Gasteiger partial charge in [-0.05, 0) is 23.6 Å². The highest BCUT2D eigenvalue weighted by Crippen LogP contribution is 2.28. The Bertz CT molecular complexity index is 499. The zero-order valence-electron chi connectivity index (χ0n) is 11.0. The highest BCUT2D eigenvalue weighted by atomic mass is 16.3. The van der Waals surface area contributed by atoms with Crippen LogP contribution in [0.3, 0.4) is 0 Å². The molecule has 102 valence electrons. The summed E-state index contributed by atoms with van der Waals surface area (Å²) in [4.78, 5) is 24.6. The summed E-state index contributed by atoms with van der Waals surface area (Å²) in [5, 5.41) is 11.4. The lowest BCUT2D eigenvalue weighted by atomic mass is 10.1. The number of aliphatic hydroxyl groups excluding tert-OH is 1. The number of nitrogens with one attached hydrogen (secondary N) is 1. The molecule has 0 radical (unpaired) electrons. The van der Waals surface area contributed by atoms with Crippen molar-refractivity contribution in [2.75, 3.05) is 18.6 Å². The van der Waals surface area contributed by atoms with Crippen LogP contribution in [-0.2, 0) is 22.6 Å². The van der Waals surface area contributed by atoms with E-state index in [1.807, 2.05) is 18.2 Å². The molecule has 1 aliphatic rings. The number of carbonyl (C=O) groups is 2. The molecule has 19 heavy (non-hydrogen) atoms. The van der Waals surface area contributed by atoms with E-state index in [9.17, 15) is 9.59 Å². The van der Waals surface area contributed by atoms with Gasteiger partial charge < -0.3 is 15.3 Å². The van der Waals surface area contributed by atoms with Gasteiger partial charge in [0.05, 0.1) is 6.42 Å². The van der Waals surface area contributed by atoms with Crippen LogP contribution in [0.2, 0.25) is 0 Å². The van der Waals surface area contributed by atoms with Gasteiger partial charge in [-0.2, -0.15) is 0 Å². The summed E-state index contributed by atoms with van der Waals surface area (Å²) in [6, 6.07) is 5.79. The topological polar surface area (TPSA) is 69.6 Å². The lowest BCUT2D eigenvalue weighted by molar-refractivity contribution is -0.121. The number of amides is 2. The minimum Gasteiger partial charge on any atom is -0.396 e. The number of carbonyl (C=O) groups excluding carboxylic acids is 2. The van der Waals surface area contributed by atoms with Crippen LogP contribution in [0.25, 0.3) is 0 Å². The molecule has 0 fully saturated rings. The fourth-order valence-electron chi connectivity index (χ4n) is 2.16. The molecule has 2 amide bonds. The van der Waals surface area contributed by atoms with Gasteiger partial charge in [0.2, 0.25) is 11.8 Å². The first-order chi connectivity index (χ1) is 9.11. The molecule has 0 aliphatic carbocycles. The van der Waals surface area contributed by atoms with E-state index in [0.717, 1.165) is 16.8 Å².